The molecule has 1 heterocycles. The molecule has 1 amide bonds. The molecule has 0 N–H and O–H groups in total. The maximum Gasteiger partial charge on any atom is 0.243 e. The molecule has 1 aromatic heterocycles. The van der Waals surface area contributed by atoms with Crippen LogP contribution in [0, 0.1) is 13.0 Å². The van der Waals surface area contributed by atoms with E-state index in [0.717, 1.165) is 16.5 Å². The van der Waals surface area contributed by atoms with Crippen LogP contribution < -0.4 is 0 Å². The van der Waals surface area contributed by atoms with Crippen molar-refractivity contribution in [3.63, 3.8) is 0 Å². The Kier molecular flexibility index (Phi) is 2.64. The number of nitrogens with zero attached hydrogens (tertiary/aromatic N) is 3. The van der Waals surface area contributed by atoms with E-state index in [-0.39, 0.29) is 12.5 Å². The van der Waals surface area contributed by atoms with Crippen molar-refractivity contribution in [2.45, 2.75) is 13.5 Å². The van der Waals surface area contributed by atoms with Crippen LogP contribution in [0.5, 0.6) is 0 Å². The summed E-state index contributed by atoms with van der Waals surface area (Å²) in [5.74, 6) is 0.0329. The largest absolute Gasteiger partial charge is 0.347 e. The second kappa shape index (κ2) is 3.96. The van der Waals surface area contributed by atoms with E-state index in [1.807, 2.05) is 19.1 Å². The first kappa shape index (κ1) is 10.7. The zero-order chi connectivity index (χ0) is 11.7. The highest BCUT2D eigenvalue weighted by Crippen LogP contribution is 2.14. The van der Waals surface area contributed by atoms with Gasteiger partial charge in [-0.15, -0.1) is 0 Å². The minimum absolute atomic E-state index is 0.0329. The van der Waals surface area contributed by atoms with Gasteiger partial charge >= 0.3 is 0 Å². The minimum Gasteiger partial charge on any atom is -0.347 e. The number of carbonyl (C=O) groups is 1. The van der Waals surface area contributed by atoms with Crippen LogP contribution in [0.2, 0.25) is 0 Å². The molecule has 0 saturated heterocycles. The average Bonchev–Trinajstić information content (AvgIpc) is 2.60. The number of benzene rings is 1. The molecule has 2 aromatic rings. The van der Waals surface area contributed by atoms with Gasteiger partial charge in [0.25, 0.3) is 0 Å². The third kappa shape index (κ3) is 1.91. The molecular weight excluding hydrogens is 202 g/mol. The van der Waals surface area contributed by atoms with Gasteiger partial charge in [-0.3, -0.25) is 9.48 Å². The fourth-order valence-corrected chi connectivity index (χ4v) is 1.53. The van der Waals surface area contributed by atoms with E-state index in [2.05, 4.69) is 11.2 Å². The number of fused-ring (bicyclic) bond motifs is 1. The lowest BCUT2D eigenvalue weighted by Gasteiger charge is -2.10. The molecule has 4 heteroatoms. The van der Waals surface area contributed by atoms with Crippen molar-refractivity contribution in [2.24, 2.45) is 0 Å². The Bertz CT molecular complexity index is 528. The van der Waals surface area contributed by atoms with Gasteiger partial charge in [0.05, 0.1) is 11.7 Å². The highest BCUT2D eigenvalue weighted by Gasteiger charge is 2.08. The number of hydrogen-bond donors (Lipinski definition) is 0. The zero-order valence-corrected chi connectivity index (χ0v) is 9.69. The number of hydrogen-bond acceptors (Lipinski definition) is 2. The smallest absolute Gasteiger partial charge is 0.243 e. The van der Waals surface area contributed by atoms with Crippen molar-refractivity contribution in [1.82, 2.24) is 14.7 Å². The van der Waals surface area contributed by atoms with Crippen molar-refractivity contribution < 1.29 is 4.79 Å². The molecule has 0 spiro atoms. The van der Waals surface area contributed by atoms with E-state index in [1.54, 1.807) is 29.9 Å². The maximum absolute atomic E-state index is 11.6. The zero-order valence-electron chi connectivity index (χ0n) is 9.69. The van der Waals surface area contributed by atoms with Crippen molar-refractivity contribution in [3.8, 4) is 0 Å². The molecule has 0 atom stereocenters. The van der Waals surface area contributed by atoms with Gasteiger partial charge in [0.1, 0.15) is 6.54 Å². The van der Waals surface area contributed by atoms with Crippen LogP contribution in [0.1, 0.15) is 5.56 Å². The van der Waals surface area contributed by atoms with Crippen LogP contribution in [0.25, 0.3) is 10.9 Å². The lowest BCUT2D eigenvalue weighted by molar-refractivity contribution is -0.129. The van der Waals surface area contributed by atoms with Gasteiger partial charge in [0.2, 0.25) is 5.91 Å². The lowest BCUT2D eigenvalue weighted by Crippen LogP contribution is -2.26. The number of aromatic nitrogens is 2. The first-order valence-corrected chi connectivity index (χ1v) is 5.12. The van der Waals surface area contributed by atoms with Crippen LogP contribution in [-0.4, -0.2) is 34.7 Å². The van der Waals surface area contributed by atoms with E-state index in [0.29, 0.717) is 0 Å². The van der Waals surface area contributed by atoms with E-state index in [4.69, 9.17) is 0 Å². The molecule has 4 nitrogen and oxygen atoms in total. The fraction of sp³-hybridized carbons (Fsp3) is 0.333. The molecule has 1 aromatic carbocycles. The summed E-state index contributed by atoms with van der Waals surface area (Å²) in [5.41, 5.74) is 2.02. The Hall–Kier alpha value is -1.84. The summed E-state index contributed by atoms with van der Waals surface area (Å²) in [6, 6.07) is 7.01. The van der Waals surface area contributed by atoms with Crippen LogP contribution in [-0.2, 0) is 11.3 Å². The van der Waals surface area contributed by atoms with Crippen molar-refractivity contribution in [1.29, 1.82) is 0 Å². The van der Waals surface area contributed by atoms with Gasteiger partial charge in [-0.1, -0.05) is 0 Å². The van der Waals surface area contributed by atoms with Crippen LogP contribution in [0.15, 0.2) is 18.3 Å². The van der Waals surface area contributed by atoms with Gasteiger partial charge in [0, 0.05) is 19.5 Å². The van der Waals surface area contributed by atoms with Crippen LogP contribution in [0.3, 0.4) is 0 Å². The Balaban J connectivity index is 2.35. The normalized spacial score (nSPS) is 10.7. The molecule has 0 unspecified atom stereocenters. The van der Waals surface area contributed by atoms with E-state index < -0.39 is 0 Å². The molecule has 83 valence electrons. The van der Waals surface area contributed by atoms with E-state index in [1.165, 1.54) is 0 Å². The molecule has 0 fully saturated rings. The van der Waals surface area contributed by atoms with Gasteiger partial charge in [-0.05, 0) is 30.7 Å². The Morgan fingerprint density at radius 1 is 1.56 bits per heavy atom. The van der Waals surface area contributed by atoms with E-state index in [9.17, 15) is 4.79 Å². The topological polar surface area (TPSA) is 38.1 Å². The summed E-state index contributed by atoms with van der Waals surface area (Å²) in [5, 5.41) is 5.25. The average molecular weight is 216 g/mol. The second-order valence-corrected chi connectivity index (χ2v) is 4.05. The molecular formula is C12H14N3O. The summed E-state index contributed by atoms with van der Waals surface area (Å²) >= 11 is 0. The molecule has 0 aliphatic carbocycles. The molecule has 0 aliphatic heterocycles. The summed E-state index contributed by atoms with van der Waals surface area (Å²) in [7, 11) is 3.48. The highest BCUT2D eigenvalue weighted by atomic mass is 16.2. The molecule has 0 aliphatic rings. The van der Waals surface area contributed by atoms with Crippen molar-refractivity contribution in [3.05, 3.63) is 30.0 Å². The third-order valence-corrected chi connectivity index (χ3v) is 2.50. The van der Waals surface area contributed by atoms with E-state index >= 15 is 0 Å². The lowest BCUT2D eigenvalue weighted by atomic mass is 10.2. The number of carbonyl (C=O) groups excluding carboxylic acids is 1. The van der Waals surface area contributed by atoms with Crippen LogP contribution in [0.4, 0.5) is 0 Å². The van der Waals surface area contributed by atoms with Gasteiger partial charge in [-0.25, -0.2) is 0 Å². The van der Waals surface area contributed by atoms with Crippen molar-refractivity contribution >= 4 is 16.8 Å². The highest BCUT2D eigenvalue weighted by molar-refractivity contribution is 5.82. The first-order chi connectivity index (χ1) is 7.58. The minimum atomic E-state index is 0.0329. The van der Waals surface area contributed by atoms with Gasteiger partial charge < -0.3 is 4.90 Å². The van der Waals surface area contributed by atoms with Gasteiger partial charge in [-0.2, -0.15) is 5.10 Å². The number of likely N-dealkylation sites (N-methyl/N-ethyl adjacent to an activating group) is 1. The Morgan fingerprint density at radius 2 is 2.31 bits per heavy atom. The van der Waals surface area contributed by atoms with Crippen molar-refractivity contribution in [2.75, 3.05) is 14.1 Å². The first-order valence-electron chi connectivity index (χ1n) is 5.12. The fourth-order valence-electron chi connectivity index (χ4n) is 1.53. The van der Waals surface area contributed by atoms with Crippen LogP contribution >= 0.6 is 0 Å². The quantitative estimate of drug-likeness (QED) is 0.757. The number of amides is 1. The molecule has 0 saturated carbocycles. The molecule has 16 heavy (non-hydrogen) atoms. The summed E-state index contributed by atoms with van der Waals surface area (Å²) < 4.78 is 1.70. The summed E-state index contributed by atoms with van der Waals surface area (Å²) in [4.78, 5) is 13.1. The molecule has 1 radical (unpaired) electrons. The monoisotopic (exact) mass is 216 g/mol. The predicted octanol–water partition coefficient (Wildman–Crippen LogP) is 1.23. The Morgan fingerprint density at radius 3 is 3.00 bits per heavy atom. The SMILES string of the molecule is Cc1[c]cc2c(cnn2CC(=O)N(C)C)c1. The summed E-state index contributed by atoms with van der Waals surface area (Å²) in [6.45, 7) is 2.26. The third-order valence-electron chi connectivity index (χ3n) is 2.50. The Labute approximate surface area is 94.5 Å². The predicted molar refractivity (Wildman–Crippen MR) is 62.0 cm³/mol. The standard InChI is InChI=1S/C12H14N3O/c1-9-4-5-11-10(6-9)7-13-15(11)8-12(16)14(2)3/h5-7H,8H2,1-3H3. The molecule has 0 bridgehead atoms. The number of aryl methyl sites for hydroxylation is 1. The molecule has 2 rings (SSSR count). The summed E-state index contributed by atoms with van der Waals surface area (Å²) in [6.07, 6.45) is 1.78. The number of rotatable bonds is 2. The second-order valence-electron chi connectivity index (χ2n) is 4.05. The van der Waals surface area contributed by atoms with Gasteiger partial charge in [0.15, 0.2) is 0 Å². The maximum atomic E-state index is 11.6.